The van der Waals surface area contributed by atoms with Gasteiger partial charge >= 0.3 is 5.97 Å². The Morgan fingerprint density at radius 3 is 2.73 bits per heavy atom. The number of hydrogen-bond acceptors (Lipinski definition) is 5. The van der Waals surface area contributed by atoms with Crippen LogP contribution < -0.4 is 10.9 Å². The molecule has 26 heavy (non-hydrogen) atoms. The normalized spacial score (nSPS) is 15.0. The average Bonchev–Trinajstić information content (AvgIpc) is 2.64. The van der Waals surface area contributed by atoms with Gasteiger partial charge in [-0.1, -0.05) is 19.3 Å². The number of ether oxygens (including phenoxy) is 1. The molecule has 1 aliphatic rings. The van der Waals surface area contributed by atoms with Crippen LogP contribution in [0.4, 0.5) is 0 Å². The first-order valence-electron chi connectivity index (χ1n) is 8.64. The number of fused-ring (bicyclic) bond motifs is 1. The monoisotopic (exact) mass is 375 g/mol. The molecular weight excluding hydrogens is 354 g/mol. The van der Waals surface area contributed by atoms with Crippen LogP contribution in [0.3, 0.4) is 0 Å². The van der Waals surface area contributed by atoms with Crippen LogP contribution in [0.2, 0.25) is 0 Å². The Labute approximate surface area is 155 Å². The summed E-state index contributed by atoms with van der Waals surface area (Å²) in [6, 6.07) is 4.74. The first-order chi connectivity index (χ1) is 12.5. The number of H-pyrrole nitrogens is 1. The molecule has 1 aromatic heterocycles. The van der Waals surface area contributed by atoms with Crippen LogP contribution in [0.15, 0.2) is 23.0 Å². The third-order valence-electron chi connectivity index (χ3n) is 4.67. The van der Waals surface area contributed by atoms with Crippen molar-refractivity contribution in [3.63, 3.8) is 0 Å². The van der Waals surface area contributed by atoms with Gasteiger partial charge in [0.2, 0.25) is 5.91 Å². The van der Waals surface area contributed by atoms with Gasteiger partial charge in [0.1, 0.15) is 6.54 Å². The van der Waals surface area contributed by atoms with E-state index in [2.05, 4.69) is 15.0 Å². The molecule has 7 nitrogen and oxygen atoms in total. The Hall–Kier alpha value is -2.48. The second-order valence-corrected chi connectivity index (χ2v) is 6.86. The standard InChI is InChI=1S/C18H21N3O4S/c1-25-17(24)11-7-8-13-14(9-11)20-18(26)21(16(13)23)10-15(22)19-12-5-3-2-4-6-12/h7-9,12H,2-6,10H2,1H3,(H,19,22)(H,20,26). The van der Waals surface area contributed by atoms with E-state index in [0.717, 1.165) is 25.7 Å². The number of nitrogens with zero attached hydrogens (tertiary/aromatic N) is 1. The molecule has 2 aromatic rings. The van der Waals surface area contributed by atoms with Crippen LogP contribution in [-0.4, -0.2) is 34.6 Å². The van der Waals surface area contributed by atoms with Crippen LogP contribution in [0, 0.1) is 4.77 Å². The third kappa shape index (κ3) is 3.85. The molecule has 0 unspecified atom stereocenters. The van der Waals surface area contributed by atoms with Crippen molar-refractivity contribution in [2.24, 2.45) is 0 Å². The zero-order chi connectivity index (χ0) is 18.7. The molecule has 1 saturated carbocycles. The minimum absolute atomic E-state index is 0.126. The minimum Gasteiger partial charge on any atom is -0.465 e. The largest absolute Gasteiger partial charge is 0.465 e. The summed E-state index contributed by atoms with van der Waals surface area (Å²) in [6.45, 7) is -0.126. The minimum atomic E-state index is -0.498. The molecule has 138 valence electrons. The van der Waals surface area contributed by atoms with Crippen molar-refractivity contribution >= 4 is 35.0 Å². The molecular formula is C18H21N3O4S. The molecule has 8 heteroatoms. The molecule has 3 rings (SSSR count). The van der Waals surface area contributed by atoms with E-state index in [4.69, 9.17) is 12.2 Å². The Morgan fingerprint density at radius 2 is 2.04 bits per heavy atom. The Kier molecular flexibility index (Phi) is 5.51. The van der Waals surface area contributed by atoms with Gasteiger partial charge in [-0.2, -0.15) is 0 Å². The Balaban J connectivity index is 1.86. The van der Waals surface area contributed by atoms with E-state index in [1.165, 1.54) is 36.3 Å². The van der Waals surface area contributed by atoms with Crippen molar-refractivity contribution in [1.29, 1.82) is 0 Å². The fourth-order valence-corrected chi connectivity index (χ4v) is 3.56. The van der Waals surface area contributed by atoms with Gasteiger partial charge in [0.05, 0.1) is 23.6 Å². The van der Waals surface area contributed by atoms with Crippen molar-refractivity contribution in [1.82, 2.24) is 14.9 Å². The molecule has 1 amide bonds. The van der Waals surface area contributed by atoms with E-state index in [1.54, 1.807) is 0 Å². The summed E-state index contributed by atoms with van der Waals surface area (Å²) in [5.74, 6) is -0.716. The number of benzene rings is 1. The molecule has 1 heterocycles. The summed E-state index contributed by atoms with van der Waals surface area (Å²) in [5.41, 5.74) is 0.392. The second-order valence-electron chi connectivity index (χ2n) is 6.48. The Bertz CT molecular complexity index is 957. The van der Waals surface area contributed by atoms with Crippen molar-refractivity contribution in [3.8, 4) is 0 Å². The van der Waals surface area contributed by atoms with Gasteiger partial charge in [-0.05, 0) is 43.3 Å². The lowest BCUT2D eigenvalue weighted by atomic mass is 9.95. The van der Waals surface area contributed by atoms with Gasteiger partial charge in [-0.3, -0.25) is 14.2 Å². The third-order valence-corrected chi connectivity index (χ3v) is 5.00. The average molecular weight is 375 g/mol. The maximum Gasteiger partial charge on any atom is 0.337 e. The molecule has 0 spiro atoms. The quantitative estimate of drug-likeness (QED) is 0.632. The van der Waals surface area contributed by atoms with Crippen molar-refractivity contribution in [2.45, 2.75) is 44.7 Å². The number of aromatic amines is 1. The highest BCUT2D eigenvalue weighted by atomic mass is 32.1. The number of rotatable bonds is 4. The molecule has 1 aliphatic carbocycles. The lowest BCUT2D eigenvalue weighted by Crippen LogP contribution is -2.40. The SMILES string of the molecule is COC(=O)c1ccc2c(=O)n(CC(=O)NC3CCCCC3)c(=S)[nH]c2c1. The highest BCUT2D eigenvalue weighted by molar-refractivity contribution is 7.71. The summed E-state index contributed by atoms with van der Waals surface area (Å²) in [5, 5.41) is 3.34. The van der Waals surface area contributed by atoms with Crippen molar-refractivity contribution in [3.05, 3.63) is 38.9 Å². The Morgan fingerprint density at radius 1 is 1.31 bits per heavy atom. The lowest BCUT2D eigenvalue weighted by molar-refractivity contribution is -0.122. The smallest absolute Gasteiger partial charge is 0.337 e. The fourth-order valence-electron chi connectivity index (χ4n) is 3.31. The van der Waals surface area contributed by atoms with E-state index >= 15 is 0 Å². The van der Waals surface area contributed by atoms with Gasteiger partial charge < -0.3 is 15.0 Å². The zero-order valence-electron chi connectivity index (χ0n) is 14.5. The van der Waals surface area contributed by atoms with Crippen molar-refractivity contribution < 1.29 is 14.3 Å². The number of amides is 1. The summed E-state index contributed by atoms with van der Waals surface area (Å²) in [4.78, 5) is 39.6. The molecule has 0 bridgehead atoms. The number of carbonyl (C=O) groups is 2. The van der Waals surface area contributed by atoms with Gasteiger partial charge in [0, 0.05) is 6.04 Å². The van der Waals surface area contributed by atoms with Crippen LogP contribution in [0.25, 0.3) is 10.9 Å². The number of esters is 1. The summed E-state index contributed by atoms with van der Waals surface area (Å²) in [6.07, 6.45) is 5.38. The van der Waals surface area contributed by atoms with Gasteiger partial charge in [-0.25, -0.2) is 4.79 Å². The van der Waals surface area contributed by atoms with E-state index in [-0.39, 0.29) is 28.8 Å². The van der Waals surface area contributed by atoms with Crippen LogP contribution >= 0.6 is 12.2 Å². The predicted octanol–water partition coefficient (Wildman–Crippen LogP) is 2.29. The van der Waals surface area contributed by atoms with Crippen LogP contribution in [0.5, 0.6) is 0 Å². The maximum atomic E-state index is 12.7. The topological polar surface area (TPSA) is 93.2 Å². The van der Waals surface area contributed by atoms with E-state index < -0.39 is 5.97 Å². The molecule has 0 radical (unpaired) electrons. The van der Waals surface area contributed by atoms with E-state index in [9.17, 15) is 14.4 Å². The van der Waals surface area contributed by atoms with Crippen LogP contribution in [-0.2, 0) is 16.1 Å². The number of aromatic nitrogens is 2. The molecule has 0 atom stereocenters. The van der Waals surface area contributed by atoms with E-state index in [1.807, 2.05) is 0 Å². The van der Waals surface area contributed by atoms with Gasteiger partial charge in [0.25, 0.3) is 5.56 Å². The fraction of sp³-hybridized carbons (Fsp3) is 0.444. The van der Waals surface area contributed by atoms with Gasteiger partial charge in [0.15, 0.2) is 4.77 Å². The first kappa shape index (κ1) is 18.3. The molecule has 1 aromatic carbocycles. The number of carbonyl (C=O) groups excluding carboxylic acids is 2. The number of methoxy groups -OCH3 is 1. The van der Waals surface area contributed by atoms with Gasteiger partial charge in [-0.15, -0.1) is 0 Å². The molecule has 0 saturated heterocycles. The summed E-state index contributed by atoms with van der Waals surface area (Å²) >= 11 is 5.24. The summed E-state index contributed by atoms with van der Waals surface area (Å²) < 4.78 is 6.06. The highest BCUT2D eigenvalue weighted by Crippen LogP contribution is 2.17. The highest BCUT2D eigenvalue weighted by Gasteiger charge is 2.17. The van der Waals surface area contributed by atoms with Crippen LogP contribution in [0.1, 0.15) is 42.5 Å². The first-order valence-corrected chi connectivity index (χ1v) is 9.05. The van der Waals surface area contributed by atoms with E-state index in [0.29, 0.717) is 16.5 Å². The lowest BCUT2D eigenvalue weighted by Gasteiger charge is -2.22. The molecule has 0 aliphatic heterocycles. The number of hydrogen-bond donors (Lipinski definition) is 2. The summed E-state index contributed by atoms with van der Waals surface area (Å²) in [7, 11) is 1.29. The predicted molar refractivity (Wildman–Crippen MR) is 99.7 cm³/mol. The molecule has 1 fully saturated rings. The maximum absolute atomic E-state index is 12.7. The molecule has 2 N–H and O–H groups in total. The zero-order valence-corrected chi connectivity index (χ0v) is 15.4. The second kappa shape index (κ2) is 7.82. The number of nitrogens with one attached hydrogen (secondary N) is 2. The van der Waals surface area contributed by atoms with Crippen molar-refractivity contribution in [2.75, 3.05) is 7.11 Å².